The van der Waals surface area contributed by atoms with E-state index in [0.29, 0.717) is 12.6 Å². The Morgan fingerprint density at radius 2 is 2.29 bits per heavy atom. The molecule has 1 unspecified atom stereocenters. The standard InChI is InChI=1S/C17H27FN2O/c1-2-10-19-13-15-16(18)8-3-9-17(15)20-11-4-6-14(20)7-5-12-21/h3,8-9,14,19,21H,2,4-7,10-13H2,1H3. The highest BCUT2D eigenvalue weighted by molar-refractivity contribution is 5.55. The molecule has 118 valence electrons. The van der Waals surface area contributed by atoms with Crippen molar-refractivity contribution in [1.82, 2.24) is 5.32 Å². The molecule has 0 amide bonds. The first-order valence-corrected chi connectivity index (χ1v) is 8.13. The van der Waals surface area contributed by atoms with Crippen molar-refractivity contribution >= 4 is 5.69 Å². The van der Waals surface area contributed by atoms with Gasteiger partial charge in [0.1, 0.15) is 5.82 Å². The predicted molar refractivity (Wildman–Crippen MR) is 85.1 cm³/mol. The van der Waals surface area contributed by atoms with E-state index in [0.717, 1.165) is 56.4 Å². The van der Waals surface area contributed by atoms with Gasteiger partial charge >= 0.3 is 0 Å². The first-order valence-electron chi connectivity index (χ1n) is 8.13. The minimum absolute atomic E-state index is 0.121. The molecule has 2 N–H and O–H groups in total. The van der Waals surface area contributed by atoms with Crippen molar-refractivity contribution in [2.24, 2.45) is 0 Å². The monoisotopic (exact) mass is 294 g/mol. The fourth-order valence-electron chi connectivity index (χ4n) is 3.16. The van der Waals surface area contributed by atoms with Crippen LogP contribution in [-0.2, 0) is 6.54 Å². The molecule has 0 radical (unpaired) electrons. The van der Waals surface area contributed by atoms with E-state index in [9.17, 15) is 4.39 Å². The Morgan fingerprint density at radius 3 is 3.05 bits per heavy atom. The Balaban J connectivity index is 2.15. The summed E-state index contributed by atoms with van der Waals surface area (Å²) < 4.78 is 14.2. The highest BCUT2D eigenvalue weighted by atomic mass is 19.1. The van der Waals surface area contributed by atoms with Gasteiger partial charge in [0, 0.05) is 37.0 Å². The summed E-state index contributed by atoms with van der Waals surface area (Å²) >= 11 is 0. The van der Waals surface area contributed by atoms with Crippen molar-refractivity contribution in [3.8, 4) is 0 Å². The zero-order chi connectivity index (χ0) is 15.1. The Morgan fingerprint density at radius 1 is 1.43 bits per heavy atom. The molecule has 1 aromatic rings. The van der Waals surface area contributed by atoms with Gasteiger partial charge in [0.15, 0.2) is 0 Å². The van der Waals surface area contributed by atoms with Crippen LogP contribution >= 0.6 is 0 Å². The Bertz CT molecular complexity index is 439. The average Bonchev–Trinajstić information content (AvgIpc) is 2.95. The van der Waals surface area contributed by atoms with Crippen LogP contribution in [0, 0.1) is 5.82 Å². The van der Waals surface area contributed by atoms with Crippen molar-refractivity contribution in [3.05, 3.63) is 29.6 Å². The van der Waals surface area contributed by atoms with Gasteiger partial charge in [0.2, 0.25) is 0 Å². The van der Waals surface area contributed by atoms with Gasteiger partial charge in [-0.15, -0.1) is 0 Å². The molecule has 1 aromatic carbocycles. The number of nitrogens with one attached hydrogen (secondary N) is 1. The molecular formula is C17H27FN2O. The Labute approximate surface area is 127 Å². The highest BCUT2D eigenvalue weighted by Crippen LogP contribution is 2.32. The van der Waals surface area contributed by atoms with Crippen LogP contribution in [0.25, 0.3) is 0 Å². The fourth-order valence-corrected chi connectivity index (χ4v) is 3.16. The maximum Gasteiger partial charge on any atom is 0.129 e. The molecule has 0 aliphatic carbocycles. The lowest BCUT2D eigenvalue weighted by molar-refractivity contribution is 0.279. The zero-order valence-electron chi connectivity index (χ0n) is 12.9. The number of nitrogens with zero attached hydrogens (tertiary/aromatic N) is 1. The van der Waals surface area contributed by atoms with E-state index >= 15 is 0 Å². The summed E-state index contributed by atoms with van der Waals surface area (Å²) in [5, 5.41) is 12.3. The number of aliphatic hydroxyl groups excluding tert-OH is 1. The molecule has 4 heteroatoms. The molecule has 1 fully saturated rings. The second-order valence-electron chi connectivity index (χ2n) is 5.77. The van der Waals surface area contributed by atoms with E-state index in [-0.39, 0.29) is 12.4 Å². The van der Waals surface area contributed by atoms with Crippen LogP contribution in [0.3, 0.4) is 0 Å². The van der Waals surface area contributed by atoms with E-state index in [4.69, 9.17) is 5.11 Å². The molecule has 0 aromatic heterocycles. The van der Waals surface area contributed by atoms with Gasteiger partial charge in [-0.1, -0.05) is 13.0 Å². The van der Waals surface area contributed by atoms with E-state index in [2.05, 4.69) is 17.1 Å². The van der Waals surface area contributed by atoms with Crippen molar-refractivity contribution < 1.29 is 9.50 Å². The first kappa shape index (κ1) is 16.2. The third kappa shape index (κ3) is 4.17. The number of hydrogen-bond donors (Lipinski definition) is 2. The summed E-state index contributed by atoms with van der Waals surface area (Å²) in [7, 11) is 0. The largest absolute Gasteiger partial charge is 0.396 e. The third-order valence-electron chi connectivity index (χ3n) is 4.20. The lowest BCUT2D eigenvalue weighted by Gasteiger charge is -2.29. The zero-order valence-corrected chi connectivity index (χ0v) is 12.9. The summed E-state index contributed by atoms with van der Waals surface area (Å²) in [6.45, 7) is 4.82. The quantitative estimate of drug-likeness (QED) is 0.723. The molecule has 1 atom stereocenters. The second-order valence-corrected chi connectivity index (χ2v) is 5.77. The SMILES string of the molecule is CCCNCc1c(F)cccc1N1CCCC1CCCO. The second kappa shape index (κ2) is 8.35. The van der Waals surface area contributed by atoms with Crippen LogP contribution in [0.1, 0.15) is 44.6 Å². The van der Waals surface area contributed by atoms with Crippen LogP contribution in [0.15, 0.2) is 18.2 Å². The molecule has 1 aliphatic heterocycles. The third-order valence-corrected chi connectivity index (χ3v) is 4.20. The molecule has 2 rings (SSSR count). The maximum absolute atomic E-state index is 14.2. The minimum atomic E-state index is -0.121. The van der Waals surface area contributed by atoms with Gasteiger partial charge in [0.25, 0.3) is 0 Å². The summed E-state index contributed by atoms with van der Waals surface area (Å²) in [5.41, 5.74) is 1.81. The molecule has 3 nitrogen and oxygen atoms in total. The minimum Gasteiger partial charge on any atom is -0.396 e. The number of anilines is 1. The van der Waals surface area contributed by atoms with Gasteiger partial charge in [-0.25, -0.2) is 4.39 Å². The number of benzene rings is 1. The predicted octanol–water partition coefficient (Wildman–Crippen LogP) is 3.07. The first-order chi connectivity index (χ1) is 10.3. The smallest absolute Gasteiger partial charge is 0.129 e. The van der Waals surface area contributed by atoms with Gasteiger partial charge in [-0.2, -0.15) is 0 Å². The van der Waals surface area contributed by atoms with Crippen molar-refractivity contribution in [3.63, 3.8) is 0 Å². The van der Waals surface area contributed by atoms with E-state index in [1.807, 2.05) is 6.07 Å². The molecule has 0 bridgehead atoms. The summed E-state index contributed by atoms with van der Waals surface area (Å²) in [4.78, 5) is 2.34. The molecular weight excluding hydrogens is 267 g/mol. The number of rotatable bonds is 8. The van der Waals surface area contributed by atoms with Crippen LogP contribution in [0.4, 0.5) is 10.1 Å². The van der Waals surface area contributed by atoms with Crippen LogP contribution in [0.2, 0.25) is 0 Å². The van der Waals surface area contributed by atoms with Gasteiger partial charge in [-0.05, 0) is 50.8 Å². The van der Waals surface area contributed by atoms with E-state index in [1.54, 1.807) is 12.1 Å². The summed E-state index contributed by atoms with van der Waals surface area (Å²) in [6, 6.07) is 5.81. The lowest BCUT2D eigenvalue weighted by Crippen LogP contribution is -2.31. The Kier molecular flexibility index (Phi) is 6.46. The Hall–Kier alpha value is -1.13. The number of hydrogen-bond acceptors (Lipinski definition) is 3. The maximum atomic E-state index is 14.2. The van der Waals surface area contributed by atoms with Crippen molar-refractivity contribution in [1.29, 1.82) is 0 Å². The fraction of sp³-hybridized carbons (Fsp3) is 0.647. The molecule has 1 aliphatic rings. The van der Waals surface area contributed by atoms with Crippen molar-refractivity contribution in [2.75, 3.05) is 24.6 Å². The molecule has 0 saturated carbocycles. The number of aliphatic hydroxyl groups is 1. The van der Waals surface area contributed by atoms with Crippen LogP contribution in [-0.4, -0.2) is 30.8 Å². The average molecular weight is 294 g/mol. The van der Waals surface area contributed by atoms with E-state index in [1.165, 1.54) is 0 Å². The van der Waals surface area contributed by atoms with Gasteiger partial charge in [-0.3, -0.25) is 0 Å². The van der Waals surface area contributed by atoms with Gasteiger partial charge < -0.3 is 15.3 Å². The number of halogens is 1. The highest BCUT2D eigenvalue weighted by Gasteiger charge is 2.26. The molecule has 21 heavy (non-hydrogen) atoms. The molecule has 1 heterocycles. The summed E-state index contributed by atoms with van der Waals surface area (Å²) in [5.74, 6) is -0.121. The molecule has 1 saturated heterocycles. The van der Waals surface area contributed by atoms with Crippen LogP contribution < -0.4 is 10.2 Å². The topological polar surface area (TPSA) is 35.5 Å². The normalized spacial score (nSPS) is 18.4. The van der Waals surface area contributed by atoms with E-state index < -0.39 is 0 Å². The molecule has 0 spiro atoms. The van der Waals surface area contributed by atoms with Gasteiger partial charge in [0.05, 0.1) is 0 Å². The lowest BCUT2D eigenvalue weighted by atomic mass is 10.1. The van der Waals surface area contributed by atoms with Crippen LogP contribution in [0.5, 0.6) is 0 Å². The van der Waals surface area contributed by atoms with Crippen molar-refractivity contribution in [2.45, 2.75) is 51.6 Å². The summed E-state index contributed by atoms with van der Waals surface area (Å²) in [6.07, 6.45) is 5.13.